The van der Waals surface area contributed by atoms with Crippen LogP contribution >= 0.6 is 0 Å². The van der Waals surface area contributed by atoms with E-state index in [4.69, 9.17) is 4.42 Å². The molecule has 11 aromatic rings. The first kappa shape index (κ1) is 38.2. The minimum atomic E-state index is -0.556. The van der Waals surface area contributed by atoms with Crippen LogP contribution in [0.25, 0.3) is 71.8 Å². The van der Waals surface area contributed by atoms with Gasteiger partial charge in [-0.25, -0.2) is 0 Å². The van der Waals surface area contributed by atoms with Gasteiger partial charge in [-0.3, -0.25) is 0 Å². The first-order chi connectivity index (χ1) is 32.2. The minimum Gasteiger partial charge on any atom is -0.456 e. The number of para-hydroxylation sites is 1. The number of hydrogen-bond acceptors (Lipinski definition) is 2. The quantitative estimate of drug-likeness (QED) is 0.135. The first-order valence-electron chi connectivity index (χ1n) is 22.3. The van der Waals surface area contributed by atoms with Gasteiger partial charge in [-0.15, -0.1) is 0 Å². The van der Waals surface area contributed by atoms with E-state index in [9.17, 15) is 0 Å². The Balaban J connectivity index is 1.11. The molecule has 0 atom stereocenters. The Morgan fingerprint density at radius 2 is 1.06 bits per heavy atom. The molecule has 0 fully saturated rings. The molecule has 0 unspecified atom stereocenters. The SMILES string of the molecule is C=C/C(=C\C=C\c1cccc2ccccc12)N(c1ccccc1-c1ccc2oc3cc4ccccc4cc3c2c1)c1cccc2c1-c1ccccc1C2(c1ccccc1)c1ccccc1. The normalized spacial score (nSPS) is 13.1. The standard InChI is InChI=1S/C63H43NO/c1-2-50(30-18-25-44-24-17-23-43-20-11-12-31-51(43)44)64(58-36-16-14-32-52(58)47-38-39-60-54(41-47)55-40-45-21-9-10-22-46(45)42-61(55)65-60)59-37-19-35-57-62(59)53-33-13-15-34-56(53)63(57,48-26-5-3-6-27-48)49-28-7-4-8-29-49/h2-42H,1H2/b25-18+,50-30+. The van der Waals surface area contributed by atoms with Crippen LogP contribution in [0.3, 0.4) is 0 Å². The van der Waals surface area contributed by atoms with Crippen molar-refractivity contribution < 1.29 is 4.42 Å². The molecule has 0 saturated carbocycles. The second-order valence-corrected chi connectivity index (χ2v) is 16.8. The van der Waals surface area contributed by atoms with Crippen molar-refractivity contribution in [3.8, 4) is 22.3 Å². The zero-order valence-corrected chi connectivity index (χ0v) is 35.7. The van der Waals surface area contributed by atoms with Crippen molar-refractivity contribution in [2.24, 2.45) is 0 Å². The Kier molecular flexibility index (Phi) is 9.24. The molecule has 12 rings (SSSR count). The van der Waals surface area contributed by atoms with E-state index in [-0.39, 0.29) is 0 Å². The Morgan fingerprint density at radius 1 is 0.462 bits per heavy atom. The number of furan rings is 1. The summed E-state index contributed by atoms with van der Waals surface area (Å²) in [5.41, 5.74) is 15.0. The Hall–Kier alpha value is -8.46. The molecule has 10 aromatic carbocycles. The maximum absolute atomic E-state index is 6.50. The Labute approximate surface area is 379 Å². The summed E-state index contributed by atoms with van der Waals surface area (Å²) in [4.78, 5) is 2.42. The van der Waals surface area contributed by atoms with Crippen molar-refractivity contribution in [3.63, 3.8) is 0 Å². The Bertz CT molecular complexity index is 3640. The van der Waals surface area contributed by atoms with Crippen LogP contribution in [0.1, 0.15) is 27.8 Å². The lowest BCUT2D eigenvalue weighted by molar-refractivity contribution is 0.669. The number of hydrogen-bond donors (Lipinski definition) is 0. The van der Waals surface area contributed by atoms with E-state index in [2.05, 4.69) is 254 Å². The third-order valence-corrected chi connectivity index (χ3v) is 13.3. The summed E-state index contributed by atoms with van der Waals surface area (Å²) in [6.45, 7) is 4.51. The van der Waals surface area contributed by atoms with Crippen LogP contribution in [0.15, 0.2) is 259 Å². The summed E-state index contributed by atoms with van der Waals surface area (Å²) in [6, 6.07) is 81.1. The number of anilines is 2. The summed E-state index contributed by atoms with van der Waals surface area (Å²) in [5.74, 6) is 0. The molecule has 0 spiro atoms. The van der Waals surface area contributed by atoms with Gasteiger partial charge in [0, 0.05) is 27.6 Å². The topological polar surface area (TPSA) is 16.4 Å². The highest BCUT2D eigenvalue weighted by atomic mass is 16.3. The van der Waals surface area contributed by atoms with Crippen molar-refractivity contribution in [1.29, 1.82) is 0 Å². The van der Waals surface area contributed by atoms with Gasteiger partial charge < -0.3 is 9.32 Å². The predicted molar refractivity (Wildman–Crippen MR) is 274 cm³/mol. The second kappa shape index (κ2) is 15.7. The minimum absolute atomic E-state index is 0.556. The number of benzene rings is 10. The molecule has 306 valence electrons. The molecule has 1 aliphatic carbocycles. The fraction of sp³-hybridized carbons (Fsp3) is 0.0159. The van der Waals surface area contributed by atoms with Crippen molar-refractivity contribution in [2.75, 3.05) is 4.90 Å². The van der Waals surface area contributed by atoms with E-state index < -0.39 is 5.41 Å². The van der Waals surface area contributed by atoms with Gasteiger partial charge in [0.1, 0.15) is 11.2 Å². The highest BCUT2D eigenvalue weighted by Crippen LogP contribution is 2.59. The highest BCUT2D eigenvalue weighted by molar-refractivity contribution is 6.11. The molecule has 1 aromatic heterocycles. The smallest absolute Gasteiger partial charge is 0.136 e. The zero-order chi connectivity index (χ0) is 43.3. The molecule has 1 heterocycles. The molecular formula is C63H43NO. The van der Waals surface area contributed by atoms with Crippen LogP contribution in [0.5, 0.6) is 0 Å². The van der Waals surface area contributed by atoms with E-state index in [1.54, 1.807) is 0 Å². The van der Waals surface area contributed by atoms with E-state index in [1.807, 2.05) is 6.08 Å². The average molecular weight is 830 g/mol. The van der Waals surface area contributed by atoms with Crippen LogP contribution < -0.4 is 4.90 Å². The summed E-state index contributed by atoms with van der Waals surface area (Å²) in [5, 5.41) is 6.99. The molecule has 0 aliphatic heterocycles. The summed E-state index contributed by atoms with van der Waals surface area (Å²) < 4.78 is 6.50. The number of fused-ring (bicyclic) bond motifs is 8. The molecule has 2 heteroatoms. The zero-order valence-electron chi connectivity index (χ0n) is 35.7. The molecule has 0 bridgehead atoms. The largest absolute Gasteiger partial charge is 0.456 e. The van der Waals surface area contributed by atoms with Crippen molar-refractivity contribution in [1.82, 2.24) is 0 Å². The second-order valence-electron chi connectivity index (χ2n) is 16.8. The number of allylic oxidation sites excluding steroid dienone is 3. The van der Waals surface area contributed by atoms with E-state index >= 15 is 0 Å². The van der Waals surface area contributed by atoms with Gasteiger partial charge in [0.25, 0.3) is 0 Å². The van der Waals surface area contributed by atoms with E-state index in [1.165, 1.54) is 54.9 Å². The van der Waals surface area contributed by atoms with Gasteiger partial charge in [-0.2, -0.15) is 0 Å². The maximum Gasteiger partial charge on any atom is 0.136 e. The molecule has 0 radical (unpaired) electrons. The van der Waals surface area contributed by atoms with Gasteiger partial charge in [-0.1, -0.05) is 207 Å². The molecule has 65 heavy (non-hydrogen) atoms. The maximum atomic E-state index is 6.50. The summed E-state index contributed by atoms with van der Waals surface area (Å²) >= 11 is 0. The molecule has 0 amide bonds. The predicted octanol–water partition coefficient (Wildman–Crippen LogP) is 16.8. The third-order valence-electron chi connectivity index (χ3n) is 13.3. The van der Waals surface area contributed by atoms with Crippen LogP contribution in [-0.4, -0.2) is 0 Å². The van der Waals surface area contributed by atoms with Crippen molar-refractivity contribution in [3.05, 3.63) is 283 Å². The fourth-order valence-electron chi connectivity index (χ4n) is 10.5. The van der Waals surface area contributed by atoms with Crippen molar-refractivity contribution >= 4 is 60.9 Å². The number of rotatable bonds is 9. The van der Waals surface area contributed by atoms with E-state index in [0.29, 0.717) is 0 Å². The number of nitrogens with zero attached hydrogens (tertiary/aromatic N) is 1. The lowest BCUT2D eigenvalue weighted by atomic mass is 9.68. The Morgan fingerprint density at radius 3 is 1.85 bits per heavy atom. The van der Waals surface area contributed by atoms with Crippen LogP contribution in [0, 0.1) is 0 Å². The first-order valence-corrected chi connectivity index (χ1v) is 22.3. The lowest BCUT2D eigenvalue weighted by Gasteiger charge is -2.34. The lowest BCUT2D eigenvalue weighted by Crippen LogP contribution is -2.28. The third kappa shape index (κ3) is 6.18. The average Bonchev–Trinajstić information content (AvgIpc) is 3.89. The van der Waals surface area contributed by atoms with Gasteiger partial charge in [0.2, 0.25) is 0 Å². The highest BCUT2D eigenvalue weighted by Gasteiger charge is 2.47. The molecule has 0 saturated heterocycles. The summed E-state index contributed by atoms with van der Waals surface area (Å²) in [7, 11) is 0. The summed E-state index contributed by atoms with van der Waals surface area (Å²) in [6.07, 6.45) is 8.56. The van der Waals surface area contributed by atoms with Crippen LogP contribution in [0.4, 0.5) is 11.4 Å². The van der Waals surface area contributed by atoms with Gasteiger partial charge in [0.05, 0.1) is 16.8 Å². The molecule has 2 nitrogen and oxygen atoms in total. The van der Waals surface area contributed by atoms with Gasteiger partial charge >= 0.3 is 0 Å². The fourth-order valence-corrected chi connectivity index (χ4v) is 10.5. The van der Waals surface area contributed by atoms with Crippen LogP contribution in [-0.2, 0) is 5.41 Å². The van der Waals surface area contributed by atoms with E-state index in [0.717, 1.165) is 55.7 Å². The molecule has 1 aliphatic rings. The molecule has 0 N–H and O–H groups in total. The van der Waals surface area contributed by atoms with Gasteiger partial charge in [0.15, 0.2) is 0 Å². The van der Waals surface area contributed by atoms with Gasteiger partial charge in [-0.05, 0) is 109 Å². The molecular weight excluding hydrogens is 787 g/mol. The van der Waals surface area contributed by atoms with Crippen LogP contribution in [0.2, 0.25) is 0 Å². The monoisotopic (exact) mass is 829 g/mol. The van der Waals surface area contributed by atoms with Crippen molar-refractivity contribution in [2.45, 2.75) is 5.41 Å².